The van der Waals surface area contributed by atoms with Crippen LogP contribution in [0.25, 0.3) is 6.08 Å². The van der Waals surface area contributed by atoms with Crippen LogP contribution >= 0.6 is 0 Å². The molecule has 0 radical (unpaired) electrons. The molecular weight excluding hydrogens is 366 g/mol. The van der Waals surface area contributed by atoms with Crippen molar-refractivity contribution in [2.24, 2.45) is 0 Å². The molecule has 28 heavy (non-hydrogen) atoms. The Balaban J connectivity index is 1.50. The molecule has 3 rings (SSSR count). The molecule has 0 aliphatic carbocycles. The predicted octanol–water partition coefficient (Wildman–Crippen LogP) is 2.97. The summed E-state index contributed by atoms with van der Waals surface area (Å²) in [6.07, 6.45) is 8.21. The molecule has 1 saturated heterocycles. The van der Waals surface area contributed by atoms with Gasteiger partial charge in [0.1, 0.15) is 5.82 Å². The highest BCUT2D eigenvalue weighted by Crippen LogP contribution is 2.16. The molecule has 2 aromatic rings. The van der Waals surface area contributed by atoms with Crippen molar-refractivity contribution >= 4 is 17.9 Å². The third kappa shape index (κ3) is 5.82. The van der Waals surface area contributed by atoms with E-state index in [1.165, 1.54) is 24.4 Å². The molecule has 1 aliphatic rings. The van der Waals surface area contributed by atoms with Crippen molar-refractivity contribution in [1.29, 1.82) is 0 Å². The zero-order chi connectivity index (χ0) is 19.9. The smallest absolute Gasteiger partial charge is 0.328 e. The number of piperidine rings is 1. The van der Waals surface area contributed by atoms with E-state index < -0.39 is 17.6 Å². The van der Waals surface area contributed by atoms with Crippen molar-refractivity contribution in [2.45, 2.75) is 25.3 Å². The standard InChI is InChI=1S/C20H22F2N4O2/c21-17-5-3-14(10-18(17)22)7-9-26-8-1-2-16(13-26)25-19-12-23-15(11-24-19)4-6-20(27)28/h3-6,10-12,16H,1-2,7-9,13H2,(H,24,25)(H,27,28)/t16-/m1/s1. The Kier molecular flexibility index (Phi) is 6.65. The number of halogens is 2. The average molecular weight is 388 g/mol. The van der Waals surface area contributed by atoms with Gasteiger partial charge in [-0.1, -0.05) is 6.07 Å². The molecular formula is C20H22F2N4O2. The summed E-state index contributed by atoms with van der Waals surface area (Å²) < 4.78 is 26.3. The number of benzene rings is 1. The number of likely N-dealkylation sites (tertiary alicyclic amines) is 1. The third-order valence-corrected chi connectivity index (χ3v) is 4.63. The van der Waals surface area contributed by atoms with Gasteiger partial charge in [-0.2, -0.15) is 0 Å². The van der Waals surface area contributed by atoms with Crippen molar-refractivity contribution in [3.05, 3.63) is 59.6 Å². The molecule has 1 aromatic carbocycles. The van der Waals surface area contributed by atoms with Crippen LogP contribution in [0.3, 0.4) is 0 Å². The van der Waals surface area contributed by atoms with E-state index in [0.29, 0.717) is 17.9 Å². The maximum atomic E-state index is 13.3. The van der Waals surface area contributed by atoms with E-state index >= 15 is 0 Å². The Bertz CT molecular complexity index is 843. The molecule has 148 valence electrons. The van der Waals surface area contributed by atoms with Gasteiger partial charge in [-0.25, -0.2) is 18.6 Å². The predicted molar refractivity (Wildman–Crippen MR) is 102 cm³/mol. The summed E-state index contributed by atoms with van der Waals surface area (Å²) in [6, 6.07) is 4.26. The number of rotatable bonds is 7. The van der Waals surface area contributed by atoms with E-state index in [-0.39, 0.29) is 6.04 Å². The minimum absolute atomic E-state index is 0.216. The second-order valence-electron chi connectivity index (χ2n) is 6.78. The fourth-order valence-corrected chi connectivity index (χ4v) is 3.22. The zero-order valence-corrected chi connectivity index (χ0v) is 15.3. The number of carboxylic acid groups (broad SMARTS) is 1. The molecule has 1 aromatic heterocycles. The van der Waals surface area contributed by atoms with E-state index in [1.807, 2.05) is 0 Å². The van der Waals surface area contributed by atoms with Crippen molar-refractivity contribution in [1.82, 2.24) is 14.9 Å². The molecule has 1 fully saturated rings. The molecule has 6 nitrogen and oxygen atoms in total. The molecule has 1 atom stereocenters. The highest BCUT2D eigenvalue weighted by Gasteiger charge is 2.20. The van der Waals surface area contributed by atoms with Gasteiger partial charge in [0.15, 0.2) is 11.6 Å². The maximum absolute atomic E-state index is 13.3. The van der Waals surface area contributed by atoms with Gasteiger partial charge in [-0.15, -0.1) is 0 Å². The van der Waals surface area contributed by atoms with Crippen molar-refractivity contribution in [3.63, 3.8) is 0 Å². The number of hydrogen-bond acceptors (Lipinski definition) is 5. The van der Waals surface area contributed by atoms with Gasteiger partial charge in [-0.05, 0) is 49.6 Å². The van der Waals surface area contributed by atoms with Crippen LogP contribution in [0.5, 0.6) is 0 Å². The summed E-state index contributed by atoms with van der Waals surface area (Å²) in [4.78, 5) is 21.3. The second-order valence-corrected chi connectivity index (χ2v) is 6.78. The van der Waals surface area contributed by atoms with Gasteiger partial charge in [0.25, 0.3) is 0 Å². The molecule has 2 N–H and O–H groups in total. The first-order valence-corrected chi connectivity index (χ1v) is 9.15. The lowest BCUT2D eigenvalue weighted by Gasteiger charge is -2.33. The highest BCUT2D eigenvalue weighted by atomic mass is 19.2. The van der Waals surface area contributed by atoms with E-state index in [2.05, 4.69) is 20.2 Å². The van der Waals surface area contributed by atoms with Crippen molar-refractivity contribution < 1.29 is 18.7 Å². The van der Waals surface area contributed by atoms with Gasteiger partial charge in [0.05, 0.1) is 18.1 Å². The van der Waals surface area contributed by atoms with Gasteiger partial charge >= 0.3 is 5.97 Å². The normalized spacial score (nSPS) is 17.7. The number of hydrogen-bond donors (Lipinski definition) is 2. The van der Waals surface area contributed by atoms with Gasteiger partial charge < -0.3 is 15.3 Å². The summed E-state index contributed by atoms with van der Waals surface area (Å²) in [5.74, 6) is -2.03. The number of nitrogens with one attached hydrogen (secondary N) is 1. The lowest BCUT2D eigenvalue weighted by atomic mass is 10.0. The van der Waals surface area contributed by atoms with Crippen LogP contribution < -0.4 is 5.32 Å². The van der Waals surface area contributed by atoms with Crippen LogP contribution in [0, 0.1) is 11.6 Å². The highest BCUT2D eigenvalue weighted by molar-refractivity contribution is 5.84. The molecule has 2 heterocycles. The average Bonchev–Trinajstić information content (AvgIpc) is 2.69. The number of carbonyl (C=O) groups is 1. The monoisotopic (exact) mass is 388 g/mol. The second kappa shape index (κ2) is 9.36. The van der Waals surface area contributed by atoms with Gasteiger partial charge in [0.2, 0.25) is 0 Å². The zero-order valence-electron chi connectivity index (χ0n) is 15.3. The summed E-state index contributed by atoms with van der Waals surface area (Å²) >= 11 is 0. The number of aromatic nitrogens is 2. The first kappa shape index (κ1) is 19.9. The number of anilines is 1. The summed E-state index contributed by atoms with van der Waals surface area (Å²) in [5, 5.41) is 12.0. The molecule has 0 spiro atoms. The van der Waals surface area contributed by atoms with Crippen LogP contribution in [0.4, 0.5) is 14.6 Å². The molecule has 0 bridgehead atoms. The van der Waals surface area contributed by atoms with Gasteiger partial charge in [0, 0.05) is 25.2 Å². The van der Waals surface area contributed by atoms with E-state index in [1.54, 1.807) is 12.3 Å². The molecule has 0 saturated carbocycles. The number of carboxylic acids is 1. The minimum atomic E-state index is -1.03. The Hall–Kier alpha value is -2.87. The van der Waals surface area contributed by atoms with E-state index in [0.717, 1.165) is 44.1 Å². The summed E-state index contributed by atoms with van der Waals surface area (Å²) in [5.41, 5.74) is 1.26. The molecule has 8 heteroatoms. The Labute approximate surface area is 161 Å². The lowest BCUT2D eigenvalue weighted by molar-refractivity contribution is -0.131. The van der Waals surface area contributed by atoms with Crippen molar-refractivity contribution in [2.75, 3.05) is 25.0 Å². The topological polar surface area (TPSA) is 78.3 Å². The van der Waals surface area contributed by atoms with Crippen LogP contribution in [-0.2, 0) is 11.2 Å². The molecule has 1 aliphatic heterocycles. The first-order chi connectivity index (χ1) is 13.5. The number of aliphatic carboxylic acids is 1. The van der Waals surface area contributed by atoms with Crippen LogP contribution in [0.2, 0.25) is 0 Å². The fraction of sp³-hybridized carbons (Fsp3) is 0.350. The van der Waals surface area contributed by atoms with Gasteiger partial charge in [-0.3, -0.25) is 4.98 Å². The van der Waals surface area contributed by atoms with Crippen LogP contribution in [0.1, 0.15) is 24.1 Å². The first-order valence-electron chi connectivity index (χ1n) is 9.15. The van der Waals surface area contributed by atoms with Crippen molar-refractivity contribution in [3.8, 4) is 0 Å². The van der Waals surface area contributed by atoms with Crippen LogP contribution in [-0.4, -0.2) is 51.6 Å². The van der Waals surface area contributed by atoms with E-state index in [9.17, 15) is 13.6 Å². The quantitative estimate of drug-likeness (QED) is 0.710. The minimum Gasteiger partial charge on any atom is -0.478 e. The Morgan fingerprint density at radius 1 is 1.29 bits per heavy atom. The Morgan fingerprint density at radius 2 is 2.14 bits per heavy atom. The summed E-state index contributed by atoms with van der Waals surface area (Å²) in [6.45, 7) is 2.56. The Morgan fingerprint density at radius 3 is 2.86 bits per heavy atom. The number of nitrogens with zero attached hydrogens (tertiary/aromatic N) is 3. The molecule has 0 unspecified atom stereocenters. The fourth-order valence-electron chi connectivity index (χ4n) is 3.22. The third-order valence-electron chi connectivity index (χ3n) is 4.63. The SMILES string of the molecule is O=C(O)C=Cc1cnc(N[C@@H]2CCCN(CCc3ccc(F)c(F)c3)C2)cn1. The molecule has 0 amide bonds. The lowest BCUT2D eigenvalue weighted by Crippen LogP contribution is -2.43. The largest absolute Gasteiger partial charge is 0.478 e. The maximum Gasteiger partial charge on any atom is 0.328 e. The van der Waals surface area contributed by atoms with E-state index in [4.69, 9.17) is 5.11 Å². The van der Waals surface area contributed by atoms with Crippen LogP contribution in [0.15, 0.2) is 36.7 Å². The summed E-state index contributed by atoms with van der Waals surface area (Å²) in [7, 11) is 0.